The topological polar surface area (TPSA) is 54.7 Å². The van der Waals surface area contributed by atoms with Gasteiger partial charge in [-0.3, -0.25) is 0 Å². The number of nitrogens with zero attached hydrogens (tertiary/aromatic N) is 2. The van der Waals surface area contributed by atoms with Gasteiger partial charge in [0.2, 0.25) is 0 Å². The summed E-state index contributed by atoms with van der Waals surface area (Å²) in [7, 11) is 0. The highest BCUT2D eigenvalue weighted by molar-refractivity contribution is 7.99. The Labute approximate surface area is 127 Å². The highest BCUT2D eigenvalue weighted by Crippen LogP contribution is 2.35. The first kappa shape index (κ1) is 13.0. The summed E-state index contributed by atoms with van der Waals surface area (Å²) in [6.45, 7) is 0. The van der Waals surface area contributed by atoms with Gasteiger partial charge in [0.15, 0.2) is 0 Å². The van der Waals surface area contributed by atoms with Crippen molar-refractivity contribution in [1.29, 1.82) is 0 Å². The van der Waals surface area contributed by atoms with Gasteiger partial charge in [0, 0.05) is 22.3 Å². The molecule has 4 rings (SSSR count). The van der Waals surface area contributed by atoms with Crippen LogP contribution < -0.4 is 0 Å². The van der Waals surface area contributed by atoms with Gasteiger partial charge in [0.05, 0.1) is 5.56 Å². The fourth-order valence-corrected chi connectivity index (χ4v) is 4.01. The molecule has 0 saturated heterocycles. The number of aromatic nitrogens is 3. The van der Waals surface area contributed by atoms with E-state index in [-0.39, 0.29) is 0 Å². The van der Waals surface area contributed by atoms with Crippen molar-refractivity contribution in [2.24, 2.45) is 0 Å². The molecule has 1 aliphatic rings. The summed E-state index contributed by atoms with van der Waals surface area (Å²) in [4.78, 5) is 3.24. The summed E-state index contributed by atoms with van der Waals surface area (Å²) in [5.41, 5.74) is 2.07. The molecule has 21 heavy (non-hydrogen) atoms. The Morgan fingerprint density at radius 3 is 2.86 bits per heavy atom. The summed E-state index contributed by atoms with van der Waals surface area (Å²) in [5.74, 6) is 0.603. The first-order chi connectivity index (χ1) is 10.4. The summed E-state index contributed by atoms with van der Waals surface area (Å²) in [5, 5.41) is 10.9. The smallest absolute Gasteiger partial charge is 0.277 e. The van der Waals surface area contributed by atoms with E-state index in [1.54, 1.807) is 11.8 Å². The van der Waals surface area contributed by atoms with Gasteiger partial charge >= 0.3 is 0 Å². The van der Waals surface area contributed by atoms with Gasteiger partial charge in [-0.15, -0.1) is 10.2 Å². The van der Waals surface area contributed by atoms with Crippen LogP contribution in [0.3, 0.4) is 0 Å². The molecule has 0 atom stereocenters. The second kappa shape index (κ2) is 5.56. The van der Waals surface area contributed by atoms with Crippen LogP contribution in [-0.4, -0.2) is 20.4 Å². The van der Waals surface area contributed by atoms with E-state index in [4.69, 9.17) is 4.42 Å². The van der Waals surface area contributed by atoms with E-state index in [0.29, 0.717) is 16.4 Å². The van der Waals surface area contributed by atoms with Crippen molar-refractivity contribution in [2.75, 3.05) is 0 Å². The van der Waals surface area contributed by atoms with Crippen LogP contribution in [0.4, 0.5) is 0 Å². The quantitative estimate of drug-likeness (QED) is 0.765. The van der Waals surface area contributed by atoms with E-state index in [1.807, 2.05) is 24.4 Å². The molecule has 0 unspecified atom stereocenters. The number of benzene rings is 1. The van der Waals surface area contributed by atoms with Crippen LogP contribution in [0.5, 0.6) is 0 Å². The number of rotatable bonds is 3. The van der Waals surface area contributed by atoms with Crippen LogP contribution in [0.15, 0.2) is 40.1 Å². The molecule has 1 saturated carbocycles. The zero-order valence-electron chi connectivity index (χ0n) is 11.7. The normalized spacial score (nSPS) is 16.6. The maximum Gasteiger partial charge on any atom is 0.277 e. The van der Waals surface area contributed by atoms with Gasteiger partial charge in [-0.2, -0.15) is 0 Å². The van der Waals surface area contributed by atoms with E-state index in [1.165, 1.54) is 32.1 Å². The lowest BCUT2D eigenvalue weighted by molar-refractivity contribution is 0.458. The maximum atomic E-state index is 5.86. The number of para-hydroxylation sites is 1. The number of aromatic amines is 1. The minimum atomic E-state index is 0.603. The van der Waals surface area contributed by atoms with Gasteiger partial charge in [-0.1, -0.05) is 49.2 Å². The number of hydrogen-bond donors (Lipinski definition) is 1. The zero-order chi connectivity index (χ0) is 14.1. The fraction of sp³-hybridized carbons (Fsp3) is 0.375. The minimum absolute atomic E-state index is 0.603. The minimum Gasteiger partial charge on any atom is -0.411 e. The number of nitrogens with one attached hydrogen (secondary N) is 1. The third-order valence-electron chi connectivity index (χ3n) is 4.05. The van der Waals surface area contributed by atoms with Gasteiger partial charge in [-0.05, 0) is 18.9 Å². The fourth-order valence-electron chi connectivity index (χ4n) is 2.94. The summed E-state index contributed by atoms with van der Waals surface area (Å²) >= 11 is 1.74. The molecule has 0 bridgehead atoms. The van der Waals surface area contributed by atoms with Crippen molar-refractivity contribution < 1.29 is 4.42 Å². The average Bonchev–Trinajstić information content (AvgIpc) is 3.14. The molecule has 1 aliphatic carbocycles. The molecule has 0 spiro atoms. The molecule has 1 fully saturated rings. The van der Waals surface area contributed by atoms with Crippen LogP contribution in [0, 0.1) is 0 Å². The Balaban J connectivity index is 1.59. The van der Waals surface area contributed by atoms with Crippen LogP contribution in [0.2, 0.25) is 0 Å². The number of H-pyrrole nitrogens is 1. The third-order valence-corrected chi connectivity index (χ3v) is 5.22. The number of thioether (sulfide) groups is 1. The predicted octanol–water partition coefficient (Wildman–Crippen LogP) is 4.64. The highest BCUT2D eigenvalue weighted by Gasteiger charge is 2.19. The van der Waals surface area contributed by atoms with Gasteiger partial charge in [-0.25, -0.2) is 0 Å². The first-order valence-electron chi connectivity index (χ1n) is 7.47. The summed E-state index contributed by atoms with van der Waals surface area (Å²) in [6, 6.07) is 8.15. The van der Waals surface area contributed by atoms with E-state index in [2.05, 4.69) is 21.2 Å². The predicted molar refractivity (Wildman–Crippen MR) is 84.3 cm³/mol. The Morgan fingerprint density at radius 2 is 1.95 bits per heavy atom. The molecule has 1 aromatic carbocycles. The standard InChI is InChI=1S/C16H17N3OS/c1-2-6-11(7-3-1)21-16-19-18-15(20-16)13-10-17-14-9-5-4-8-12(13)14/h4-5,8-11,17H,1-3,6-7H2. The molecule has 4 nitrogen and oxygen atoms in total. The van der Waals surface area contributed by atoms with Crippen LogP contribution in [-0.2, 0) is 0 Å². The van der Waals surface area contributed by atoms with Crippen molar-refractivity contribution in [1.82, 2.24) is 15.2 Å². The van der Waals surface area contributed by atoms with E-state index >= 15 is 0 Å². The highest BCUT2D eigenvalue weighted by atomic mass is 32.2. The first-order valence-corrected chi connectivity index (χ1v) is 8.35. The van der Waals surface area contributed by atoms with Crippen LogP contribution in [0.1, 0.15) is 32.1 Å². The molecule has 5 heteroatoms. The van der Waals surface area contributed by atoms with Crippen LogP contribution >= 0.6 is 11.8 Å². The molecule has 2 heterocycles. The van der Waals surface area contributed by atoms with Crippen molar-refractivity contribution in [3.05, 3.63) is 30.5 Å². The monoisotopic (exact) mass is 299 g/mol. The molecule has 2 aromatic heterocycles. The third kappa shape index (κ3) is 2.58. The summed E-state index contributed by atoms with van der Waals surface area (Å²) < 4.78 is 5.86. The van der Waals surface area contributed by atoms with Gasteiger partial charge in [0.25, 0.3) is 11.1 Å². The SMILES string of the molecule is c1ccc2c(-c3nnc(SC4CCCCC4)o3)c[nH]c2c1. The Morgan fingerprint density at radius 1 is 1.10 bits per heavy atom. The van der Waals surface area contributed by atoms with Gasteiger partial charge < -0.3 is 9.40 Å². The van der Waals surface area contributed by atoms with E-state index < -0.39 is 0 Å². The average molecular weight is 299 g/mol. The molecule has 1 N–H and O–H groups in total. The van der Waals surface area contributed by atoms with Crippen molar-refractivity contribution >= 4 is 22.7 Å². The Hall–Kier alpha value is -1.75. The molecule has 108 valence electrons. The summed E-state index contributed by atoms with van der Waals surface area (Å²) in [6.07, 6.45) is 8.46. The maximum absolute atomic E-state index is 5.86. The second-order valence-corrected chi connectivity index (χ2v) is 6.75. The van der Waals surface area contributed by atoms with Crippen molar-refractivity contribution in [2.45, 2.75) is 42.6 Å². The Kier molecular flexibility index (Phi) is 3.43. The molecule has 0 aliphatic heterocycles. The Bertz CT molecular complexity index is 743. The lowest BCUT2D eigenvalue weighted by atomic mass is 10.0. The molecular weight excluding hydrogens is 282 g/mol. The van der Waals surface area contributed by atoms with Crippen molar-refractivity contribution in [3.8, 4) is 11.5 Å². The molecular formula is C16H17N3OS. The van der Waals surface area contributed by atoms with E-state index in [9.17, 15) is 0 Å². The zero-order valence-corrected chi connectivity index (χ0v) is 12.5. The molecule has 0 radical (unpaired) electrons. The largest absolute Gasteiger partial charge is 0.411 e. The lowest BCUT2D eigenvalue weighted by Crippen LogP contribution is -2.07. The molecule has 3 aromatic rings. The molecule has 0 amide bonds. The van der Waals surface area contributed by atoms with Crippen molar-refractivity contribution in [3.63, 3.8) is 0 Å². The van der Waals surface area contributed by atoms with E-state index in [0.717, 1.165) is 16.5 Å². The number of hydrogen-bond acceptors (Lipinski definition) is 4. The number of fused-ring (bicyclic) bond motifs is 1. The van der Waals surface area contributed by atoms with Crippen LogP contribution in [0.25, 0.3) is 22.4 Å². The second-order valence-electron chi connectivity index (χ2n) is 5.50. The van der Waals surface area contributed by atoms with Gasteiger partial charge in [0.1, 0.15) is 0 Å². The lowest BCUT2D eigenvalue weighted by Gasteiger charge is -2.18.